The van der Waals surface area contributed by atoms with Crippen LogP contribution in [0.3, 0.4) is 0 Å². The molecule has 0 aliphatic heterocycles. The van der Waals surface area contributed by atoms with Crippen LogP contribution in [0.5, 0.6) is 5.75 Å². The van der Waals surface area contributed by atoms with Crippen LogP contribution < -0.4 is 4.74 Å². The zero-order valence-electron chi connectivity index (χ0n) is 18.4. The van der Waals surface area contributed by atoms with E-state index in [-0.39, 0.29) is 17.3 Å². The van der Waals surface area contributed by atoms with Crippen molar-refractivity contribution >= 4 is 35.0 Å². The van der Waals surface area contributed by atoms with Crippen molar-refractivity contribution in [3.8, 4) is 11.4 Å². The Bertz CT molecular complexity index is 1330. The zero-order chi connectivity index (χ0) is 24.9. The molecular weight excluding hydrogens is 514 g/mol. The highest BCUT2D eigenvalue weighted by atomic mass is 35.5. The van der Waals surface area contributed by atoms with Gasteiger partial charge in [0, 0.05) is 10.6 Å². The van der Waals surface area contributed by atoms with Crippen LogP contribution in [0.1, 0.15) is 22.2 Å². The largest absolute Gasteiger partial charge is 0.489 e. The second-order valence-electron chi connectivity index (χ2n) is 7.57. The number of ether oxygens (including phenoxy) is 1. The van der Waals surface area contributed by atoms with Gasteiger partial charge >= 0.3 is 0 Å². The van der Waals surface area contributed by atoms with Gasteiger partial charge in [-0.2, -0.15) is 0 Å². The van der Waals surface area contributed by atoms with Gasteiger partial charge in [-0.15, -0.1) is 10.2 Å². The average molecular weight is 533 g/mol. The molecule has 35 heavy (non-hydrogen) atoms. The summed E-state index contributed by atoms with van der Waals surface area (Å²) in [7, 11) is 0. The molecule has 0 amide bonds. The van der Waals surface area contributed by atoms with Crippen molar-refractivity contribution in [2.75, 3.05) is 6.54 Å². The topological polar surface area (TPSA) is 83.1 Å². The normalized spacial score (nSPS) is 11.9. The predicted molar refractivity (Wildman–Crippen MR) is 134 cm³/mol. The first-order chi connectivity index (χ1) is 16.8. The maximum atomic E-state index is 13.4. The molecule has 1 heterocycles. The molecule has 0 aliphatic rings. The fourth-order valence-corrected chi connectivity index (χ4v) is 4.85. The van der Waals surface area contributed by atoms with E-state index in [0.717, 1.165) is 11.1 Å². The quantitative estimate of drug-likeness (QED) is 0.135. The molecule has 0 saturated carbocycles. The number of hydrogen-bond acceptors (Lipinski definition) is 6. The summed E-state index contributed by atoms with van der Waals surface area (Å²) >= 11 is 13.2. The minimum atomic E-state index is -0.531. The third kappa shape index (κ3) is 6.30. The standard InChI is InChI=1S/C24H19Cl2FN4O3S/c1-15-28-29-24(31(15)19-7-5-18(27)6-8-19)35-23(13-30(32)33)17-3-9-20(10-4-17)34-14-16-2-11-21(25)22(26)12-16/h2-12,23H,13-14H2,1H3/t23-/m1/s1. The maximum absolute atomic E-state index is 13.4. The molecule has 4 aromatic rings. The lowest BCUT2D eigenvalue weighted by atomic mass is 10.1. The van der Waals surface area contributed by atoms with Crippen molar-refractivity contribution in [1.82, 2.24) is 14.8 Å². The molecule has 180 valence electrons. The van der Waals surface area contributed by atoms with E-state index >= 15 is 0 Å². The average Bonchev–Trinajstić information content (AvgIpc) is 3.20. The van der Waals surface area contributed by atoms with Crippen molar-refractivity contribution in [2.24, 2.45) is 0 Å². The summed E-state index contributed by atoms with van der Waals surface area (Å²) in [5.74, 6) is 0.835. The van der Waals surface area contributed by atoms with Gasteiger partial charge in [-0.1, -0.05) is 53.2 Å². The van der Waals surface area contributed by atoms with E-state index in [1.807, 2.05) is 6.07 Å². The highest BCUT2D eigenvalue weighted by Crippen LogP contribution is 2.36. The number of aryl methyl sites for hydroxylation is 1. The van der Waals surface area contributed by atoms with Gasteiger partial charge in [-0.05, 0) is 66.6 Å². The van der Waals surface area contributed by atoms with E-state index in [1.54, 1.807) is 60.0 Å². The lowest BCUT2D eigenvalue weighted by molar-refractivity contribution is -0.479. The molecule has 0 unspecified atom stereocenters. The Morgan fingerprint density at radius 3 is 2.43 bits per heavy atom. The molecule has 0 aliphatic carbocycles. The molecule has 3 aromatic carbocycles. The Kier molecular flexibility index (Phi) is 7.90. The van der Waals surface area contributed by atoms with Gasteiger partial charge in [0.15, 0.2) is 5.16 Å². The van der Waals surface area contributed by atoms with E-state index in [1.165, 1.54) is 23.9 Å². The number of rotatable bonds is 9. The fraction of sp³-hybridized carbons (Fsp3) is 0.167. The van der Waals surface area contributed by atoms with Crippen molar-refractivity contribution < 1.29 is 14.1 Å². The van der Waals surface area contributed by atoms with Crippen LogP contribution in [0.25, 0.3) is 5.69 Å². The van der Waals surface area contributed by atoms with Gasteiger partial charge in [0.25, 0.3) is 0 Å². The number of nitro groups is 1. The summed E-state index contributed by atoms with van der Waals surface area (Å²) in [5, 5.41) is 20.6. The first-order valence-corrected chi connectivity index (χ1v) is 12.1. The number of halogens is 3. The molecule has 0 fully saturated rings. The molecule has 0 saturated heterocycles. The zero-order valence-corrected chi connectivity index (χ0v) is 20.7. The number of aromatic nitrogens is 3. The number of nitrogens with zero attached hydrogens (tertiary/aromatic N) is 4. The van der Waals surface area contributed by atoms with Crippen LogP contribution in [-0.4, -0.2) is 26.2 Å². The van der Waals surface area contributed by atoms with E-state index in [4.69, 9.17) is 27.9 Å². The predicted octanol–water partition coefficient (Wildman–Crippen LogP) is 6.71. The molecule has 4 rings (SSSR count). The molecule has 0 radical (unpaired) electrons. The maximum Gasteiger partial charge on any atom is 0.220 e. The Morgan fingerprint density at radius 2 is 1.77 bits per heavy atom. The third-order valence-electron chi connectivity index (χ3n) is 5.08. The molecule has 1 aromatic heterocycles. The van der Waals surface area contributed by atoms with Crippen LogP contribution in [-0.2, 0) is 6.61 Å². The van der Waals surface area contributed by atoms with Crippen LogP contribution in [0.4, 0.5) is 4.39 Å². The second kappa shape index (κ2) is 11.1. The lowest BCUT2D eigenvalue weighted by Crippen LogP contribution is -2.11. The Balaban J connectivity index is 1.52. The summed E-state index contributed by atoms with van der Waals surface area (Å²) in [6, 6.07) is 18.3. The first-order valence-electron chi connectivity index (χ1n) is 10.4. The van der Waals surface area contributed by atoms with Gasteiger partial charge in [0.2, 0.25) is 6.54 Å². The van der Waals surface area contributed by atoms with Crippen molar-refractivity contribution in [2.45, 2.75) is 23.9 Å². The van der Waals surface area contributed by atoms with Crippen LogP contribution in [0.2, 0.25) is 10.0 Å². The number of thioether (sulfide) groups is 1. The lowest BCUT2D eigenvalue weighted by Gasteiger charge is -2.15. The Hall–Kier alpha value is -3.14. The molecule has 11 heteroatoms. The minimum Gasteiger partial charge on any atom is -0.489 e. The van der Waals surface area contributed by atoms with Crippen molar-refractivity contribution in [3.05, 3.63) is 110 Å². The van der Waals surface area contributed by atoms with Crippen LogP contribution in [0, 0.1) is 22.9 Å². The van der Waals surface area contributed by atoms with Crippen LogP contribution >= 0.6 is 35.0 Å². The fourth-order valence-electron chi connectivity index (χ4n) is 3.35. The summed E-state index contributed by atoms with van der Waals surface area (Å²) in [6.45, 7) is 1.75. The summed E-state index contributed by atoms with van der Waals surface area (Å²) in [5.41, 5.74) is 2.27. The first kappa shape index (κ1) is 25.0. The smallest absolute Gasteiger partial charge is 0.220 e. The van der Waals surface area contributed by atoms with Gasteiger partial charge in [-0.25, -0.2) is 4.39 Å². The van der Waals surface area contributed by atoms with Gasteiger partial charge in [0.1, 0.15) is 29.2 Å². The molecule has 0 N–H and O–H groups in total. The minimum absolute atomic E-state index is 0.295. The van der Waals surface area contributed by atoms with E-state index in [0.29, 0.717) is 39.1 Å². The summed E-state index contributed by atoms with van der Waals surface area (Å²) < 4.78 is 20.9. The van der Waals surface area contributed by atoms with Crippen molar-refractivity contribution in [3.63, 3.8) is 0 Å². The monoisotopic (exact) mass is 532 g/mol. The van der Waals surface area contributed by atoms with Gasteiger partial charge < -0.3 is 4.74 Å². The number of benzene rings is 3. The second-order valence-corrected chi connectivity index (χ2v) is 9.55. The Morgan fingerprint density at radius 1 is 1.06 bits per heavy atom. The molecular formula is C24H19Cl2FN4O3S. The molecule has 1 atom stereocenters. The van der Waals surface area contributed by atoms with Crippen LogP contribution in [0.15, 0.2) is 71.9 Å². The van der Waals surface area contributed by atoms with Gasteiger partial charge in [-0.3, -0.25) is 14.7 Å². The van der Waals surface area contributed by atoms with Gasteiger partial charge in [0.05, 0.1) is 10.0 Å². The number of hydrogen-bond donors (Lipinski definition) is 0. The van der Waals surface area contributed by atoms with E-state index in [2.05, 4.69) is 10.2 Å². The molecule has 0 spiro atoms. The molecule has 7 nitrogen and oxygen atoms in total. The summed E-state index contributed by atoms with van der Waals surface area (Å²) in [6.07, 6.45) is 0. The van der Waals surface area contributed by atoms with E-state index in [9.17, 15) is 14.5 Å². The highest BCUT2D eigenvalue weighted by Gasteiger charge is 2.24. The Labute approximate surface area is 215 Å². The van der Waals surface area contributed by atoms with Crippen molar-refractivity contribution in [1.29, 1.82) is 0 Å². The van der Waals surface area contributed by atoms with E-state index < -0.39 is 5.25 Å². The highest BCUT2D eigenvalue weighted by molar-refractivity contribution is 7.99. The summed E-state index contributed by atoms with van der Waals surface area (Å²) in [4.78, 5) is 11.0. The molecule has 0 bridgehead atoms. The SMILES string of the molecule is Cc1nnc(S[C@H](C[N+](=O)[O-])c2ccc(OCc3ccc(Cl)c(Cl)c3)cc2)n1-c1ccc(F)cc1. The third-order valence-corrected chi connectivity index (χ3v) is 7.00.